The SMILES string of the molecule is Cc1cc2c3c(c1)N(c1cccc4c1OCO4)c1c(ccc4c1OCO4)B3c1cc3c(cc1N2c1ccc2c(c1)CC(C)(C)C2)CC(C)(C)C3. The first-order valence-electron chi connectivity index (χ1n) is 18.0. The van der Waals surface area contributed by atoms with Crippen molar-refractivity contribution in [3.05, 3.63) is 101 Å². The van der Waals surface area contributed by atoms with Gasteiger partial charge in [-0.3, -0.25) is 0 Å². The molecule has 248 valence electrons. The van der Waals surface area contributed by atoms with E-state index in [2.05, 4.69) is 111 Å². The Labute approximate surface area is 293 Å². The summed E-state index contributed by atoms with van der Waals surface area (Å²) in [6, 6.07) is 27.5. The van der Waals surface area contributed by atoms with E-state index in [1.165, 1.54) is 61.3 Å². The second-order valence-electron chi connectivity index (χ2n) is 16.7. The Kier molecular flexibility index (Phi) is 5.52. The maximum Gasteiger partial charge on any atom is 0.252 e. The number of aryl methyl sites for hydroxylation is 1. The van der Waals surface area contributed by atoms with Crippen molar-refractivity contribution in [3.63, 3.8) is 0 Å². The van der Waals surface area contributed by atoms with Crippen LogP contribution in [0.1, 0.15) is 55.5 Å². The van der Waals surface area contributed by atoms with Gasteiger partial charge in [0.25, 0.3) is 6.71 Å². The first-order valence-corrected chi connectivity index (χ1v) is 18.0. The lowest BCUT2D eigenvalue weighted by Crippen LogP contribution is -2.61. The van der Waals surface area contributed by atoms with Crippen LogP contribution in [-0.4, -0.2) is 20.3 Å². The molecule has 0 N–H and O–H groups in total. The van der Waals surface area contributed by atoms with Gasteiger partial charge in [-0.25, -0.2) is 0 Å². The van der Waals surface area contributed by atoms with Crippen LogP contribution >= 0.6 is 0 Å². The van der Waals surface area contributed by atoms with Crippen molar-refractivity contribution in [2.24, 2.45) is 10.8 Å². The molecule has 0 spiro atoms. The van der Waals surface area contributed by atoms with Crippen LogP contribution in [0.2, 0.25) is 0 Å². The zero-order valence-electron chi connectivity index (χ0n) is 29.3. The number of rotatable bonds is 2. The van der Waals surface area contributed by atoms with Crippen LogP contribution in [0.4, 0.5) is 34.1 Å². The number of anilines is 6. The van der Waals surface area contributed by atoms with E-state index in [0.717, 1.165) is 65.7 Å². The van der Waals surface area contributed by atoms with E-state index >= 15 is 0 Å². The molecule has 4 heterocycles. The highest BCUT2D eigenvalue weighted by Gasteiger charge is 2.47. The molecular weight excluding hydrogens is 619 g/mol. The molecule has 5 aromatic carbocycles. The standard InChI is InChI=1S/C43H39BN2O4/c1-24-13-34-38-35(14-24)46(32-7-6-8-36-40(32)49-22-47-36)39-30(11-12-37-41(39)50-23-48-37)44(38)31-16-27-20-43(4,5)21-28(27)17-33(31)45(34)29-10-9-25-18-42(2,3)19-26(25)15-29/h6-17H,18-23H2,1-5H3. The van der Waals surface area contributed by atoms with Crippen LogP contribution in [0.5, 0.6) is 23.0 Å². The molecule has 50 heavy (non-hydrogen) atoms. The normalized spacial score (nSPS) is 18.9. The minimum absolute atomic E-state index is 0.00361. The molecule has 0 unspecified atom stereocenters. The largest absolute Gasteiger partial charge is 0.454 e. The third kappa shape index (κ3) is 3.92. The zero-order chi connectivity index (χ0) is 33.7. The summed E-state index contributed by atoms with van der Waals surface area (Å²) in [5, 5.41) is 0. The predicted molar refractivity (Wildman–Crippen MR) is 200 cm³/mol. The molecule has 0 saturated carbocycles. The van der Waals surface area contributed by atoms with Crippen LogP contribution < -0.4 is 45.1 Å². The zero-order valence-corrected chi connectivity index (χ0v) is 29.3. The van der Waals surface area contributed by atoms with Gasteiger partial charge in [-0.2, -0.15) is 0 Å². The number of hydrogen-bond acceptors (Lipinski definition) is 6. The maximum atomic E-state index is 6.35. The number of fused-ring (bicyclic) bond motifs is 9. The van der Waals surface area contributed by atoms with E-state index in [1.807, 2.05) is 6.07 Å². The van der Waals surface area contributed by atoms with Gasteiger partial charge in [0.15, 0.2) is 23.0 Å². The van der Waals surface area contributed by atoms with Crippen LogP contribution in [-0.2, 0) is 25.7 Å². The lowest BCUT2D eigenvalue weighted by molar-refractivity contribution is 0.174. The molecular formula is C43H39BN2O4. The molecule has 0 fully saturated rings. The molecule has 4 aliphatic heterocycles. The average molecular weight is 659 g/mol. The van der Waals surface area contributed by atoms with Gasteiger partial charge < -0.3 is 28.7 Å². The summed E-state index contributed by atoms with van der Waals surface area (Å²) < 4.78 is 24.5. The predicted octanol–water partition coefficient (Wildman–Crippen LogP) is 7.78. The first kappa shape index (κ1) is 28.8. The molecule has 6 nitrogen and oxygen atoms in total. The Bertz CT molecular complexity index is 2350. The molecule has 0 bridgehead atoms. The minimum Gasteiger partial charge on any atom is -0.454 e. The number of nitrogens with zero attached hydrogens (tertiary/aromatic N) is 2. The Morgan fingerprint density at radius 3 is 2.00 bits per heavy atom. The molecule has 6 aliphatic rings. The van der Waals surface area contributed by atoms with Gasteiger partial charge in [0.2, 0.25) is 13.6 Å². The highest BCUT2D eigenvalue weighted by atomic mass is 16.7. The van der Waals surface area contributed by atoms with Crippen molar-refractivity contribution in [1.82, 2.24) is 0 Å². The summed E-state index contributed by atoms with van der Waals surface area (Å²) in [5.74, 6) is 3.05. The van der Waals surface area contributed by atoms with Gasteiger partial charge in [0.05, 0.1) is 11.4 Å². The number of benzene rings is 5. The molecule has 0 atom stereocenters. The van der Waals surface area contributed by atoms with Gasteiger partial charge >= 0.3 is 0 Å². The number of hydrogen-bond donors (Lipinski definition) is 0. The topological polar surface area (TPSA) is 43.4 Å². The van der Waals surface area contributed by atoms with Crippen LogP contribution in [0.15, 0.2) is 72.8 Å². The van der Waals surface area contributed by atoms with Gasteiger partial charge in [-0.1, -0.05) is 52.0 Å². The van der Waals surface area contributed by atoms with Gasteiger partial charge in [0, 0.05) is 22.7 Å². The molecule has 2 aliphatic carbocycles. The summed E-state index contributed by atoms with van der Waals surface area (Å²) >= 11 is 0. The quantitative estimate of drug-likeness (QED) is 0.177. The molecule has 0 aromatic heterocycles. The fraction of sp³-hybridized carbons (Fsp3) is 0.302. The van der Waals surface area contributed by atoms with Gasteiger partial charge in [-0.05, 0) is 136 Å². The number of para-hydroxylation sites is 1. The Morgan fingerprint density at radius 1 is 0.560 bits per heavy atom. The molecule has 0 saturated heterocycles. The monoisotopic (exact) mass is 658 g/mol. The van der Waals surface area contributed by atoms with Crippen molar-refractivity contribution in [1.29, 1.82) is 0 Å². The Hall–Kier alpha value is -5.04. The van der Waals surface area contributed by atoms with E-state index in [0.29, 0.717) is 0 Å². The van der Waals surface area contributed by atoms with Crippen molar-refractivity contribution in [2.45, 2.75) is 60.3 Å². The lowest BCUT2D eigenvalue weighted by Gasteiger charge is -2.44. The van der Waals surface area contributed by atoms with Gasteiger partial charge in [-0.15, -0.1) is 0 Å². The fourth-order valence-corrected chi connectivity index (χ4v) is 9.94. The van der Waals surface area contributed by atoms with E-state index in [-0.39, 0.29) is 31.1 Å². The second-order valence-corrected chi connectivity index (χ2v) is 16.7. The maximum absolute atomic E-state index is 6.35. The lowest BCUT2D eigenvalue weighted by atomic mass is 9.33. The highest BCUT2D eigenvalue weighted by molar-refractivity contribution is 7.00. The molecule has 5 aromatic rings. The van der Waals surface area contributed by atoms with Crippen molar-refractivity contribution < 1.29 is 18.9 Å². The van der Waals surface area contributed by atoms with E-state index in [1.54, 1.807) is 0 Å². The summed E-state index contributed by atoms with van der Waals surface area (Å²) in [7, 11) is 0. The average Bonchev–Trinajstić information content (AvgIpc) is 3.86. The third-order valence-electron chi connectivity index (χ3n) is 11.8. The van der Waals surface area contributed by atoms with E-state index in [9.17, 15) is 0 Å². The van der Waals surface area contributed by atoms with Gasteiger partial charge in [0.1, 0.15) is 0 Å². The molecule has 0 amide bonds. The molecule has 7 heteroatoms. The minimum atomic E-state index is 0.00361. The third-order valence-corrected chi connectivity index (χ3v) is 11.8. The van der Waals surface area contributed by atoms with E-state index in [4.69, 9.17) is 18.9 Å². The van der Waals surface area contributed by atoms with Crippen molar-refractivity contribution in [3.8, 4) is 23.0 Å². The summed E-state index contributed by atoms with van der Waals surface area (Å²) in [6.07, 6.45) is 4.39. The van der Waals surface area contributed by atoms with Crippen LogP contribution in [0.3, 0.4) is 0 Å². The number of ether oxygens (including phenoxy) is 4. The summed E-state index contributed by atoms with van der Waals surface area (Å²) in [5.41, 5.74) is 18.2. The molecule has 0 radical (unpaired) electrons. The van der Waals surface area contributed by atoms with Crippen molar-refractivity contribution >= 4 is 57.2 Å². The fourth-order valence-electron chi connectivity index (χ4n) is 9.94. The molecule has 11 rings (SSSR count). The van der Waals surface area contributed by atoms with Crippen LogP contribution in [0, 0.1) is 17.8 Å². The highest BCUT2D eigenvalue weighted by Crippen LogP contribution is 2.54. The Balaban J connectivity index is 1.23. The first-order chi connectivity index (χ1) is 24.1. The van der Waals surface area contributed by atoms with Crippen molar-refractivity contribution in [2.75, 3.05) is 23.4 Å². The van der Waals surface area contributed by atoms with E-state index < -0.39 is 0 Å². The van der Waals surface area contributed by atoms with Crippen LogP contribution in [0.25, 0.3) is 0 Å². The smallest absolute Gasteiger partial charge is 0.252 e. The Morgan fingerprint density at radius 2 is 1.22 bits per heavy atom. The summed E-state index contributed by atoms with van der Waals surface area (Å²) in [6.45, 7) is 12.2. The second kappa shape index (κ2) is 9.60. The summed E-state index contributed by atoms with van der Waals surface area (Å²) in [4.78, 5) is 4.92.